The van der Waals surface area contributed by atoms with E-state index in [4.69, 9.17) is 4.74 Å². The topological polar surface area (TPSA) is 76.2 Å². The van der Waals surface area contributed by atoms with Crippen molar-refractivity contribution in [2.75, 3.05) is 41.0 Å². The largest absolute Gasteiger partial charge is 0.469 e. The molecule has 7 nitrogen and oxygen atoms in total. The lowest BCUT2D eigenvalue weighted by atomic mass is 10.3. The van der Waals surface area contributed by atoms with Gasteiger partial charge in [0.05, 0.1) is 26.2 Å². The standard InChI is InChI=1S/C10H20N2O5S/c1-11(6-4-10(13)16-3)18(14,15)12(2)9-5-7-17-8-9/h9H,4-8H2,1-3H3. The quantitative estimate of drug-likeness (QED) is 0.610. The lowest BCUT2D eigenvalue weighted by Gasteiger charge is -2.27. The first-order valence-corrected chi connectivity index (χ1v) is 7.13. The average molecular weight is 280 g/mol. The van der Waals surface area contributed by atoms with Crippen LogP contribution >= 0.6 is 0 Å². The third kappa shape index (κ3) is 3.64. The SMILES string of the molecule is COC(=O)CCN(C)S(=O)(=O)N(C)C1CCOC1. The van der Waals surface area contributed by atoms with Crippen LogP contribution in [0.1, 0.15) is 12.8 Å². The van der Waals surface area contributed by atoms with E-state index in [0.717, 1.165) is 4.31 Å². The lowest BCUT2D eigenvalue weighted by Crippen LogP contribution is -2.45. The van der Waals surface area contributed by atoms with Crippen LogP contribution in [0.2, 0.25) is 0 Å². The Kier molecular flexibility index (Phi) is 5.51. The predicted octanol–water partition coefficient (Wildman–Crippen LogP) is -0.553. The maximum Gasteiger partial charge on any atom is 0.306 e. The molecule has 1 unspecified atom stereocenters. The molecule has 0 amide bonds. The Morgan fingerprint density at radius 1 is 1.44 bits per heavy atom. The van der Waals surface area contributed by atoms with Gasteiger partial charge in [-0.25, -0.2) is 0 Å². The molecule has 0 bridgehead atoms. The number of hydrogen-bond acceptors (Lipinski definition) is 5. The minimum atomic E-state index is -3.55. The highest BCUT2D eigenvalue weighted by Gasteiger charge is 2.32. The molecule has 0 aromatic carbocycles. The molecule has 1 heterocycles. The summed E-state index contributed by atoms with van der Waals surface area (Å²) in [5, 5.41) is 0. The van der Waals surface area contributed by atoms with Crippen LogP contribution < -0.4 is 0 Å². The number of rotatable bonds is 6. The van der Waals surface area contributed by atoms with Gasteiger partial charge in [-0.05, 0) is 6.42 Å². The van der Waals surface area contributed by atoms with Gasteiger partial charge in [-0.1, -0.05) is 0 Å². The highest BCUT2D eigenvalue weighted by molar-refractivity contribution is 7.86. The molecule has 18 heavy (non-hydrogen) atoms. The maximum absolute atomic E-state index is 12.2. The number of nitrogens with zero attached hydrogens (tertiary/aromatic N) is 2. The van der Waals surface area contributed by atoms with Crippen molar-refractivity contribution in [1.29, 1.82) is 0 Å². The van der Waals surface area contributed by atoms with Crippen molar-refractivity contribution in [2.45, 2.75) is 18.9 Å². The molecular weight excluding hydrogens is 260 g/mol. The summed E-state index contributed by atoms with van der Waals surface area (Å²) in [6.45, 7) is 1.10. The van der Waals surface area contributed by atoms with Crippen LogP contribution in [0.25, 0.3) is 0 Å². The number of carbonyl (C=O) groups excluding carboxylic acids is 1. The summed E-state index contributed by atoms with van der Waals surface area (Å²) in [6.07, 6.45) is 0.738. The fraction of sp³-hybridized carbons (Fsp3) is 0.900. The Labute approximate surface area is 108 Å². The number of carbonyl (C=O) groups is 1. The number of likely N-dealkylation sites (N-methyl/N-ethyl adjacent to an activating group) is 1. The Balaban J connectivity index is 2.58. The van der Waals surface area contributed by atoms with Crippen LogP contribution in [0.15, 0.2) is 0 Å². The first kappa shape index (κ1) is 15.4. The van der Waals surface area contributed by atoms with E-state index in [0.29, 0.717) is 19.6 Å². The van der Waals surface area contributed by atoms with Gasteiger partial charge >= 0.3 is 5.97 Å². The van der Waals surface area contributed by atoms with Crippen LogP contribution in [0.4, 0.5) is 0 Å². The fourth-order valence-electron chi connectivity index (χ4n) is 1.68. The fourth-order valence-corrected chi connectivity index (χ4v) is 2.99. The molecule has 8 heteroatoms. The highest BCUT2D eigenvalue weighted by atomic mass is 32.2. The third-order valence-corrected chi connectivity index (χ3v) is 5.03. The van der Waals surface area contributed by atoms with E-state index in [1.54, 1.807) is 0 Å². The molecule has 0 saturated carbocycles. The van der Waals surface area contributed by atoms with Gasteiger partial charge in [0.15, 0.2) is 0 Å². The molecular formula is C10H20N2O5S. The normalized spacial score (nSPS) is 20.6. The van der Waals surface area contributed by atoms with Crippen molar-refractivity contribution in [3.63, 3.8) is 0 Å². The van der Waals surface area contributed by atoms with Gasteiger partial charge in [0.2, 0.25) is 0 Å². The van der Waals surface area contributed by atoms with Gasteiger partial charge in [-0.15, -0.1) is 0 Å². The lowest BCUT2D eigenvalue weighted by molar-refractivity contribution is -0.140. The van der Waals surface area contributed by atoms with Crippen molar-refractivity contribution in [3.05, 3.63) is 0 Å². The summed E-state index contributed by atoms with van der Waals surface area (Å²) in [5.41, 5.74) is 0. The van der Waals surface area contributed by atoms with Crippen molar-refractivity contribution >= 4 is 16.2 Å². The maximum atomic E-state index is 12.2. The molecule has 1 fully saturated rings. The zero-order valence-electron chi connectivity index (χ0n) is 11.0. The first-order chi connectivity index (χ1) is 8.39. The van der Waals surface area contributed by atoms with Crippen LogP contribution in [0, 0.1) is 0 Å². The van der Waals surface area contributed by atoms with E-state index in [9.17, 15) is 13.2 Å². The minimum Gasteiger partial charge on any atom is -0.469 e. The van der Waals surface area contributed by atoms with Crippen LogP contribution in [0.5, 0.6) is 0 Å². The molecule has 0 radical (unpaired) electrons. The molecule has 0 N–H and O–H groups in total. The molecule has 106 valence electrons. The first-order valence-electron chi connectivity index (χ1n) is 5.73. The second-order valence-electron chi connectivity index (χ2n) is 4.19. The average Bonchev–Trinajstić information content (AvgIpc) is 2.87. The molecule has 0 spiro atoms. The summed E-state index contributed by atoms with van der Waals surface area (Å²) >= 11 is 0. The molecule has 0 aromatic rings. The number of ether oxygens (including phenoxy) is 2. The van der Waals surface area contributed by atoms with E-state index in [1.807, 2.05) is 0 Å². The Bertz CT molecular complexity index is 378. The van der Waals surface area contributed by atoms with Crippen LogP contribution in [-0.2, 0) is 24.5 Å². The van der Waals surface area contributed by atoms with E-state index < -0.39 is 16.2 Å². The minimum absolute atomic E-state index is 0.0429. The summed E-state index contributed by atoms with van der Waals surface area (Å²) in [5.74, 6) is -0.427. The molecule has 1 rings (SSSR count). The second kappa shape index (κ2) is 6.46. The predicted molar refractivity (Wildman–Crippen MR) is 65.2 cm³/mol. The highest BCUT2D eigenvalue weighted by Crippen LogP contribution is 2.16. The van der Waals surface area contributed by atoms with E-state index >= 15 is 0 Å². The Hall–Kier alpha value is -0.700. The van der Waals surface area contributed by atoms with Gasteiger partial charge in [0.25, 0.3) is 10.2 Å². The van der Waals surface area contributed by atoms with Crippen molar-refractivity contribution in [2.24, 2.45) is 0 Å². The summed E-state index contributed by atoms with van der Waals surface area (Å²) in [7, 11) is 0.709. The van der Waals surface area contributed by atoms with Gasteiger partial charge in [-0.2, -0.15) is 17.0 Å². The third-order valence-electron chi connectivity index (χ3n) is 3.04. The summed E-state index contributed by atoms with van der Waals surface area (Å²) in [4.78, 5) is 11.0. The number of esters is 1. The van der Waals surface area contributed by atoms with Crippen molar-refractivity contribution in [1.82, 2.24) is 8.61 Å². The van der Waals surface area contributed by atoms with Crippen LogP contribution in [-0.4, -0.2) is 70.0 Å². The van der Waals surface area contributed by atoms with Gasteiger partial charge < -0.3 is 9.47 Å². The van der Waals surface area contributed by atoms with E-state index in [-0.39, 0.29) is 19.0 Å². The van der Waals surface area contributed by atoms with Gasteiger partial charge in [-0.3, -0.25) is 4.79 Å². The summed E-state index contributed by atoms with van der Waals surface area (Å²) < 4.78 is 36.4. The van der Waals surface area contributed by atoms with Crippen molar-refractivity contribution < 1.29 is 22.7 Å². The Morgan fingerprint density at radius 3 is 2.61 bits per heavy atom. The molecule has 1 atom stereocenters. The molecule has 1 saturated heterocycles. The van der Waals surface area contributed by atoms with Crippen LogP contribution in [0.3, 0.4) is 0 Å². The number of hydrogen-bond donors (Lipinski definition) is 0. The van der Waals surface area contributed by atoms with E-state index in [1.165, 1.54) is 25.5 Å². The zero-order chi connectivity index (χ0) is 13.8. The zero-order valence-corrected chi connectivity index (χ0v) is 11.8. The Morgan fingerprint density at radius 2 is 2.11 bits per heavy atom. The molecule has 1 aliphatic heterocycles. The van der Waals surface area contributed by atoms with Crippen molar-refractivity contribution in [3.8, 4) is 0 Å². The molecule has 1 aliphatic rings. The summed E-state index contributed by atoms with van der Waals surface area (Å²) in [6, 6.07) is -0.129. The van der Waals surface area contributed by atoms with E-state index in [2.05, 4.69) is 4.74 Å². The number of methoxy groups -OCH3 is 1. The smallest absolute Gasteiger partial charge is 0.306 e. The van der Waals surface area contributed by atoms with Gasteiger partial charge in [0, 0.05) is 27.2 Å². The second-order valence-corrected chi connectivity index (χ2v) is 6.28. The van der Waals surface area contributed by atoms with Gasteiger partial charge in [0.1, 0.15) is 0 Å². The molecule has 0 aliphatic carbocycles. The molecule has 0 aromatic heterocycles. The monoisotopic (exact) mass is 280 g/mol.